The van der Waals surface area contributed by atoms with E-state index >= 15 is 0 Å². The molecule has 2 aromatic rings. The molecule has 1 aliphatic carbocycles. The summed E-state index contributed by atoms with van der Waals surface area (Å²) in [6.45, 7) is 6.78. The molecule has 1 saturated carbocycles. The summed E-state index contributed by atoms with van der Waals surface area (Å²) in [5.74, 6) is 0.498. The summed E-state index contributed by atoms with van der Waals surface area (Å²) >= 11 is 0. The highest BCUT2D eigenvalue weighted by Gasteiger charge is 2.30. The van der Waals surface area contributed by atoms with Crippen LogP contribution in [0.2, 0.25) is 0 Å². The zero-order valence-corrected chi connectivity index (χ0v) is 20.7. The lowest BCUT2D eigenvalue weighted by molar-refractivity contribution is -0.169. The molecule has 0 spiro atoms. The Hall–Kier alpha value is -2.52. The van der Waals surface area contributed by atoms with Gasteiger partial charge >= 0.3 is 5.97 Å². The summed E-state index contributed by atoms with van der Waals surface area (Å²) in [6.07, 6.45) is 6.18. The van der Waals surface area contributed by atoms with Crippen LogP contribution in [-0.2, 0) is 32.7 Å². The van der Waals surface area contributed by atoms with Crippen molar-refractivity contribution in [3.8, 4) is 17.1 Å². The van der Waals surface area contributed by atoms with Crippen LogP contribution in [0.3, 0.4) is 0 Å². The summed E-state index contributed by atoms with van der Waals surface area (Å²) in [5.41, 5.74) is 3.05. The monoisotopic (exact) mass is 472 g/mol. The highest BCUT2D eigenvalue weighted by molar-refractivity contribution is 5.72. The van der Waals surface area contributed by atoms with Crippen molar-refractivity contribution in [2.24, 2.45) is 13.0 Å². The Bertz CT molecular complexity index is 970. The topological polar surface area (TPSA) is 97.6 Å². The fourth-order valence-electron chi connectivity index (χ4n) is 4.53. The summed E-state index contributed by atoms with van der Waals surface area (Å²) in [4.78, 5) is 17.1. The summed E-state index contributed by atoms with van der Waals surface area (Å²) in [5, 5.41) is 8.50. The summed E-state index contributed by atoms with van der Waals surface area (Å²) in [6, 6.07) is 3.83. The standard InChI is InChI=1S/C25H36N4O5/c1-16(2)33-25(30)18-8-7-9-19(14-18)34-22-12-11-20(26-17(22)3)24-21(29(4)28-27-24)15-32-23-10-5-6-13-31-23/h11-12,16,18-19,23H,5-10,13-15H2,1-4H3/t18-,19-,23?/m0/s1. The Morgan fingerprint density at radius 2 is 2.06 bits per heavy atom. The molecule has 34 heavy (non-hydrogen) atoms. The van der Waals surface area contributed by atoms with Gasteiger partial charge in [-0.05, 0) is 77.8 Å². The van der Waals surface area contributed by atoms with Crippen molar-refractivity contribution in [2.45, 2.75) is 90.8 Å². The van der Waals surface area contributed by atoms with Crippen molar-refractivity contribution in [3.63, 3.8) is 0 Å². The maximum atomic E-state index is 12.3. The van der Waals surface area contributed by atoms with E-state index in [4.69, 9.17) is 23.9 Å². The van der Waals surface area contributed by atoms with Gasteiger partial charge in [0.05, 0.1) is 41.8 Å². The summed E-state index contributed by atoms with van der Waals surface area (Å²) < 4.78 is 25.0. The van der Waals surface area contributed by atoms with Crippen LogP contribution in [0.25, 0.3) is 11.4 Å². The Kier molecular flexibility index (Phi) is 8.15. The molecule has 4 rings (SSSR count). The van der Waals surface area contributed by atoms with Gasteiger partial charge in [0, 0.05) is 13.7 Å². The van der Waals surface area contributed by atoms with E-state index in [1.54, 1.807) is 4.68 Å². The van der Waals surface area contributed by atoms with Gasteiger partial charge in [-0.25, -0.2) is 9.67 Å². The second-order valence-corrected chi connectivity index (χ2v) is 9.48. The van der Waals surface area contributed by atoms with Crippen molar-refractivity contribution in [1.29, 1.82) is 0 Å². The molecule has 186 valence electrons. The van der Waals surface area contributed by atoms with Crippen LogP contribution in [-0.4, -0.2) is 51.1 Å². The molecule has 0 aromatic carbocycles. The van der Waals surface area contributed by atoms with Crippen LogP contribution >= 0.6 is 0 Å². The normalized spacial score (nSPS) is 23.1. The molecule has 3 heterocycles. The van der Waals surface area contributed by atoms with Gasteiger partial charge in [-0.1, -0.05) is 5.21 Å². The smallest absolute Gasteiger partial charge is 0.309 e. The van der Waals surface area contributed by atoms with E-state index in [0.717, 1.165) is 68.0 Å². The first-order valence-corrected chi connectivity index (χ1v) is 12.4. The van der Waals surface area contributed by atoms with Crippen molar-refractivity contribution < 1.29 is 23.7 Å². The molecule has 0 amide bonds. The van der Waals surface area contributed by atoms with Crippen molar-refractivity contribution >= 4 is 5.97 Å². The van der Waals surface area contributed by atoms with Crippen LogP contribution in [0.5, 0.6) is 5.75 Å². The van der Waals surface area contributed by atoms with Gasteiger partial charge in [0.2, 0.25) is 0 Å². The average Bonchev–Trinajstić information content (AvgIpc) is 3.19. The molecule has 0 radical (unpaired) electrons. The molecule has 1 aliphatic heterocycles. The molecule has 2 aromatic heterocycles. The first-order valence-electron chi connectivity index (χ1n) is 12.4. The number of aromatic nitrogens is 4. The SMILES string of the molecule is Cc1nc(-c2nnn(C)c2COC2CCCCO2)ccc1O[C@H]1CCC[C@H](C(=O)OC(C)C)C1. The zero-order chi connectivity index (χ0) is 24.1. The molecule has 1 saturated heterocycles. The highest BCUT2D eigenvalue weighted by atomic mass is 16.7. The van der Waals surface area contributed by atoms with E-state index in [2.05, 4.69) is 10.3 Å². The number of hydrogen-bond donors (Lipinski definition) is 0. The lowest BCUT2D eigenvalue weighted by Crippen LogP contribution is -2.31. The number of esters is 1. The molecule has 0 bridgehead atoms. The van der Waals surface area contributed by atoms with Gasteiger partial charge in [-0.2, -0.15) is 0 Å². The third kappa shape index (κ3) is 6.13. The van der Waals surface area contributed by atoms with E-state index in [1.165, 1.54) is 0 Å². The number of rotatable bonds is 8. The van der Waals surface area contributed by atoms with Gasteiger partial charge < -0.3 is 18.9 Å². The fourth-order valence-corrected chi connectivity index (χ4v) is 4.53. The van der Waals surface area contributed by atoms with Crippen LogP contribution < -0.4 is 4.74 Å². The lowest BCUT2D eigenvalue weighted by atomic mass is 9.87. The second-order valence-electron chi connectivity index (χ2n) is 9.48. The number of hydrogen-bond acceptors (Lipinski definition) is 8. The Morgan fingerprint density at radius 3 is 2.79 bits per heavy atom. The molecule has 2 fully saturated rings. The number of ether oxygens (including phenoxy) is 4. The first-order chi connectivity index (χ1) is 16.4. The minimum Gasteiger partial charge on any atom is -0.489 e. The lowest BCUT2D eigenvalue weighted by Gasteiger charge is -2.29. The summed E-state index contributed by atoms with van der Waals surface area (Å²) in [7, 11) is 1.85. The fraction of sp³-hybridized carbons (Fsp3) is 0.680. The molecule has 3 atom stereocenters. The Balaban J connectivity index is 1.41. The van der Waals surface area contributed by atoms with E-state index < -0.39 is 0 Å². The minimum atomic E-state index is -0.181. The van der Waals surface area contributed by atoms with Crippen molar-refractivity contribution in [3.05, 3.63) is 23.5 Å². The van der Waals surface area contributed by atoms with Gasteiger partial charge in [-0.15, -0.1) is 5.10 Å². The number of pyridine rings is 1. The third-order valence-corrected chi connectivity index (χ3v) is 6.37. The maximum absolute atomic E-state index is 12.3. The number of carbonyl (C=O) groups excluding carboxylic acids is 1. The molecule has 9 nitrogen and oxygen atoms in total. The van der Waals surface area contributed by atoms with Crippen LogP contribution in [0.15, 0.2) is 12.1 Å². The second kappa shape index (κ2) is 11.3. The Morgan fingerprint density at radius 1 is 1.21 bits per heavy atom. The predicted octanol–water partition coefficient (Wildman–Crippen LogP) is 4.12. The maximum Gasteiger partial charge on any atom is 0.309 e. The molecule has 9 heteroatoms. The molecule has 1 unspecified atom stereocenters. The third-order valence-electron chi connectivity index (χ3n) is 6.37. The average molecular weight is 473 g/mol. The quantitative estimate of drug-likeness (QED) is 0.529. The molecule has 0 N–H and O–H groups in total. The molecule has 2 aliphatic rings. The predicted molar refractivity (Wildman–Crippen MR) is 125 cm³/mol. The number of nitrogens with zero attached hydrogens (tertiary/aromatic N) is 4. The number of carbonyl (C=O) groups is 1. The van der Waals surface area contributed by atoms with E-state index in [0.29, 0.717) is 18.7 Å². The van der Waals surface area contributed by atoms with Crippen LogP contribution in [0, 0.1) is 12.8 Å². The Labute approximate surface area is 201 Å². The number of aryl methyl sites for hydroxylation is 2. The molecular formula is C25H36N4O5. The van der Waals surface area contributed by atoms with E-state index in [1.807, 2.05) is 40.0 Å². The minimum absolute atomic E-state index is 0.0271. The van der Waals surface area contributed by atoms with Gasteiger partial charge in [0.15, 0.2) is 6.29 Å². The first kappa shape index (κ1) is 24.6. The molecular weight excluding hydrogens is 436 g/mol. The van der Waals surface area contributed by atoms with Crippen molar-refractivity contribution in [1.82, 2.24) is 20.0 Å². The van der Waals surface area contributed by atoms with Crippen LogP contribution in [0.4, 0.5) is 0 Å². The van der Waals surface area contributed by atoms with Crippen LogP contribution in [0.1, 0.15) is 70.2 Å². The van der Waals surface area contributed by atoms with Gasteiger partial charge in [0.25, 0.3) is 0 Å². The van der Waals surface area contributed by atoms with Gasteiger partial charge in [-0.3, -0.25) is 4.79 Å². The zero-order valence-electron chi connectivity index (χ0n) is 20.7. The van der Waals surface area contributed by atoms with E-state index in [-0.39, 0.29) is 30.4 Å². The van der Waals surface area contributed by atoms with Gasteiger partial charge in [0.1, 0.15) is 11.4 Å². The van der Waals surface area contributed by atoms with E-state index in [9.17, 15) is 4.79 Å². The van der Waals surface area contributed by atoms with Crippen molar-refractivity contribution in [2.75, 3.05) is 6.61 Å². The highest BCUT2D eigenvalue weighted by Crippen LogP contribution is 2.31. The largest absolute Gasteiger partial charge is 0.489 e.